The smallest absolute Gasteiger partial charge is 0.276 e. The Kier molecular flexibility index (Phi) is 3.79. The van der Waals surface area contributed by atoms with Crippen molar-refractivity contribution in [3.63, 3.8) is 0 Å². The lowest BCUT2D eigenvalue weighted by atomic mass is 9.89. The van der Waals surface area contributed by atoms with E-state index in [1.807, 2.05) is 48.5 Å². The van der Waals surface area contributed by atoms with Gasteiger partial charge in [0.1, 0.15) is 11.4 Å². The largest absolute Gasteiger partial charge is 0.484 e. The predicted molar refractivity (Wildman–Crippen MR) is 101 cm³/mol. The number of para-hydroxylation sites is 1. The zero-order valence-electron chi connectivity index (χ0n) is 15.1. The minimum Gasteiger partial charge on any atom is -0.484 e. The van der Waals surface area contributed by atoms with Crippen LogP contribution in [0.2, 0.25) is 0 Å². The fraction of sp³-hybridized carbons (Fsp3) is 0.227. The number of ether oxygens (including phenoxy) is 1. The third-order valence-corrected chi connectivity index (χ3v) is 5.39. The van der Waals surface area contributed by atoms with E-state index in [2.05, 4.69) is 5.16 Å². The standard InChI is InChI=1S/C22H18N2O4/c25-18-13-22(27-19-9-5-4-8-16(18)19)10-11-24(14-22)21(26)17-12-20(28-23-17)15-6-2-1-3-7-15/h1-9,12H,10-11,13-14H2/t22-/m1/s1. The SMILES string of the molecule is O=C1C[C@@]2(CCN(C(=O)c3cc(-c4ccccc4)on3)C2)Oc2ccccc21. The molecule has 1 atom stereocenters. The van der Waals surface area contributed by atoms with E-state index in [1.54, 1.807) is 17.0 Å². The average molecular weight is 374 g/mol. The summed E-state index contributed by atoms with van der Waals surface area (Å²) in [6.45, 7) is 0.876. The van der Waals surface area contributed by atoms with Crippen molar-refractivity contribution in [2.75, 3.05) is 13.1 Å². The quantitative estimate of drug-likeness (QED) is 0.685. The van der Waals surface area contributed by atoms with Crippen molar-refractivity contribution in [1.82, 2.24) is 10.1 Å². The van der Waals surface area contributed by atoms with Gasteiger partial charge in [0, 0.05) is 24.6 Å². The first kappa shape index (κ1) is 16.7. The highest BCUT2D eigenvalue weighted by atomic mass is 16.5. The normalized spacial score (nSPS) is 20.9. The van der Waals surface area contributed by atoms with Crippen molar-refractivity contribution in [3.05, 3.63) is 71.9 Å². The molecule has 1 amide bonds. The summed E-state index contributed by atoms with van der Waals surface area (Å²) in [6, 6.07) is 18.4. The second-order valence-corrected chi connectivity index (χ2v) is 7.30. The highest BCUT2D eigenvalue weighted by Crippen LogP contribution is 2.39. The second-order valence-electron chi connectivity index (χ2n) is 7.30. The van der Waals surface area contributed by atoms with Gasteiger partial charge in [-0.3, -0.25) is 9.59 Å². The fourth-order valence-corrected chi connectivity index (χ4v) is 3.97. The van der Waals surface area contributed by atoms with Crippen molar-refractivity contribution < 1.29 is 18.8 Å². The number of likely N-dealkylation sites (tertiary alicyclic amines) is 1. The van der Waals surface area contributed by atoms with Crippen LogP contribution in [-0.4, -0.2) is 40.4 Å². The van der Waals surface area contributed by atoms with E-state index in [9.17, 15) is 9.59 Å². The molecule has 140 valence electrons. The van der Waals surface area contributed by atoms with Crippen LogP contribution in [0.25, 0.3) is 11.3 Å². The highest BCUT2D eigenvalue weighted by Gasteiger charge is 2.47. The van der Waals surface area contributed by atoms with Crippen LogP contribution in [0.1, 0.15) is 33.7 Å². The maximum absolute atomic E-state index is 12.9. The van der Waals surface area contributed by atoms with Crippen LogP contribution in [0.15, 0.2) is 65.2 Å². The number of hydrogen-bond acceptors (Lipinski definition) is 5. The third kappa shape index (κ3) is 2.78. The van der Waals surface area contributed by atoms with Crippen LogP contribution in [0.4, 0.5) is 0 Å². The highest BCUT2D eigenvalue weighted by molar-refractivity contribution is 6.00. The van der Waals surface area contributed by atoms with Gasteiger partial charge < -0.3 is 14.2 Å². The molecule has 5 rings (SSSR count). The lowest BCUT2D eigenvalue weighted by Crippen LogP contribution is -2.45. The summed E-state index contributed by atoms with van der Waals surface area (Å²) in [5, 5.41) is 3.95. The summed E-state index contributed by atoms with van der Waals surface area (Å²) in [7, 11) is 0. The van der Waals surface area contributed by atoms with Gasteiger partial charge >= 0.3 is 0 Å². The second kappa shape index (κ2) is 6.34. The number of carbonyl (C=O) groups is 2. The Bertz CT molecular complexity index is 1060. The lowest BCUT2D eigenvalue weighted by molar-refractivity contribution is 0.0426. The van der Waals surface area contributed by atoms with E-state index >= 15 is 0 Å². The van der Waals surface area contributed by atoms with Crippen LogP contribution in [0.3, 0.4) is 0 Å². The van der Waals surface area contributed by atoms with Crippen LogP contribution in [-0.2, 0) is 0 Å². The first-order valence-electron chi connectivity index (χ1n) is 9.26. The topological polar surface area (TPSA) is 72.6 Å². The number of hydrogen-bond donors (Lipinski definition) is 0. The zero-order valence-corrected chi connectivity index (χ0v) is 15.1. The van der Waals surface area contributed by atoms with E-state index in [-0.39, 0.29) is 23.8 Å². The van der Waals surface area contributed by atoms with Crippen molar-refractivity contribution in [3.8, 4) is 17.1 Å². The number of carbonyl (C=O) groups excluding carboxylic acids is 2. The summed E-state index contributed by atoms with van der Waals surface area (Å²) in [6.07, 6.45) is 0.893. The number of Topliss-reactive ketones (excluding diaryl/α,β-unsaturated/α-hetero) is 1. The maximum atomic E-state index is 12.9. The molecule has 0 N–H and O–H groups in total. The summed E-state index contributed by atoms with van der Waals surface area (Å²) in [5.74, 6) is 0.999. The molecule has 0 saturated carbocycles. The Labute approximate surface area is 161 Å². The van der Waals surface area contributed by atoms with Gasteiger partial charge in [0.05, 0.1) is 18.5 Å². The number of benzene rings is 2. The van der Waals surface area contributed by atoms with Gasteiger partial charge in [-0.15, -0.1) is 0 Å². The molecule has 6 nitrogen and oxygen atoms in total. The van der Waals surface area contributed by atoms with Crippen LogP contribution < -0.4 is 4.74 Å². The molecule has 3 aromatic rings. The molecular formula is C22H18N2O4. The molecule has 2 aliphatic rings. The van der Waals surface area contributed by atoms with Crippen molar-refractivity contribution in [1.29, 1.82) is 0 Å². The number of nitrogens with zero attached hydrogens (tertiary/aromatic N) is 2. The molecular weight excluding hydrogens is 356 g/mol. The van der Waals surface area contributed by atoms with Crippen LogP contribution >= 0.6 is 0 Å². The zero-order chi connectivity index (χ0) is 19.1. The fourth-order valence-electron chi connectivity index (χ4n) is 3.97. The van der Waals surface area contributed by atoms with E-state index in [4.69, 9.17) is 9.26 Å². The molecule has 28 heavy (non-hydrogen) atoms. The Hall–Kier alpha value is -3.41. The molecule has 3 heterocycles. The monoisotopic (exact) mass is 374 g/mol. The number of ketones is 1. The molecule has 2 aliphatic heterocycles. The van der Waals surface area contributed by atoms with E-state index < -0.39 is 5.60 Å². The molecule has 1 saturated heterocycles. The Morgan fingerprint density at radius 1 is 1.07 bits per heavy atom. The van der Waals surface area contributed by atoms with Crippen molar-refractivity contribution >= 4 is 11.7 Å². The van der Waals surface area contributed by atoms with Gasteiger partial charge in [-0.2, -0.15) is 0 Å². The van der Waals surface area contributed by atoms with Crippen LogP contribution in [0.5, 0.6) is 5.75 Å². The van der Waals surface area contributed by atoms with E-state index in [1.165, 1.54) is 0 Å². The Morgan fingerprint density at radius 3 is 2.71 bits per heavy atom. The lowest BCUT2D eigenvalue weighted by Gasteiger charge is -2.34. The minimum atomic E-state index is -0.660. The molecule has 1 spiro atoms. The van der Waals surface area contributed by atoms with Gasteiger partial charge in [-0.1, -0.05) is 47.6 Å². The molecule has 2 aromatic carbocycles. The minimum absolute atomic E-state index is 0.0592. The molecule has 0 radical (unpaired) electrons. The first-order valence-corrected chi connectivity index (χ1v) is 9.26. The van der Waals surface area contributed by atoms with Gasteiger partial charge in [-0.25, -0.2) is 0 Å². The molecule has 1 aromatic heterocycles. The first-order chi connectivity index (χ1) is 13.6. The molecule has 1 fully saturated rings. The van der Waals surface area contributed by atoms with E-state index in [0.29, 0.717) is 36.6 Å². The van der Waals surface area contributed by atoms with Crippen molar-refractivity contribution in [2.24, 2.45) is 0 Å². The van der Waals surface area contributed by atoms with Gasteiger partial charge in [-0.05, 0) is 12.1 Å². The molecule has 0 unspecified atom stereocenters. The van der Waals surface area contributed by atoms with Gasteiger partial charge in [0.2, 0.25) is 0 Å². The number of rotatable bonds is 2. The number of aromatic nitrogens is 1. The van der Waals surface area contributed by atoms with Crippen molar-refractivity contribution in [2.45, 2.75) is 18.4 Å². The predicted octanol–water partition coefficient (Wildman–Crippen LogP) is 3.59. The molecule has 0 bridgehead atoms. The summed E-state index contributed by atoms with van der Waals surface area (Å²) in [5.41, 5.74) is 1.08. The number of amides is 1. The number of fused-ring (bicyclic) bond motifs is 1. The summed E-state index contributed by atoms with van der Waals surface area (Å²) < 4.78 is 11.5. The maximum Gasteiger partial charge on any atom is 0.276 e. The van der Waals surface area contributed by atoms with Gasteiger partial charge in [0.15, 0.2) is 17.2 Å². The third-order valence-electron chi connectivity index (χ3n) is 5.39. The molecule has 0 aliphatic carbocycles. The van der Waals surface area contributed by atoms with E-state index in [0.717, 1.165) is 5.56 Å². The average Bonchev–Trinajstić information content (AvgIpc) is 3.36. The summed E-state index contributed by atoms with van der Waals surface area (Å²) in [4.78, 5) is 27.1. The summed E-state index contributed by atoms with van der Waals surface area (Å²) >= 11 is 0. The Balaban J connectivity index is 1.35. The van der Waals surface area contributed by atoms with Gasteiger partial charge in [0.25, 0.3) is 5.91 Å². The molecule has 6 heteroatoms. The van der Waals surface area contributed by atoms with Crippen LogP contribution in [0, 0.1) is 0 Å². The Morgan fingerprint density at radius 2 is 1.86 bits per heavy atom.